The van der Waals surface area contributed by atoms with Crippen LogP contribution in [0.25, 0.3) is 98.4 Å². The monoisotopic (exact) mass is 672 g/mol. The van der Waals surface area contributed by atoms with Crippen LogP contribution in [0.2, 0.25) is 0 Å². The van der Waals surface area contributed by atoms with Crippen molar-refractivity contribution in [2.24, 2.45) is 0 Å². The van der Waals surface area contributed by atoms with Gasteiger partial charge in [-0.25, -0.2) is 0 Å². The summed E-state index contributed by atoms with van der Waals surface area (Å²) in [6.45, 7) is 4.77. The first-order valence-electron chi connectivity index (χ1n) is 18.7. The Morgan fingerprint density at radius 1 is 0.302 bits per heavy atom. The van der Waals surface area contributed by atoms with E-state index in [9.17, 15) is 0 Å². The summed E-state index contributed by atoms with van der Waals surface area (Å²) in [5.74, 6) is 0. The molecular formula is C53H36. The molecule has 0 N–H and O–H groups in total. The fraction of sp³-hybridized carbons (Fsp3) is 0.0566. The Morgan fingerprint density at radius 3 is 1.45 bits per heavy atom. The molecule has 0 atom stereocenters. The Kier molecular flexibility index (Phi) is 6.40. The van der Waals surface area contributed by atoms with Crippen LogP contribution >= 0.6 is 0 Å². The summed E-state index contributed by atoms with van der Waals surface area (Å²) in [4.78, 5) is 0. The number of hydrogen-bond donors (Lipinski definition) is 0. The molecule has 0 radical (unpaired) electrons. The van der Waals surface area contributed by atoms with E-state index in [2.05, 4.69) is 196 Å². The molecular weight excluding hydrogens is 637 g/mol. The lowest BCUT2D eigenvalue weighted by Crippen LogP contribution is -2.15. The van der Waals surface area contributed by atoms with Gasteiger partial charge in [0, 0.05) is 5.41 Å². The Balaban J connectivity index is 1.19. The van der Waals surface area contributed by atoms with Gasteiger partial charge >= 0.3 is 0 Å². The molecule has 10 aromatic carbocycles. The summed E-state index contributed by atoms with van der Waals surface area (Å²) < 4.78 is 0. The largest absolute Gasteiger partial charge is 0.0616 e. The van der Waals surface area contributed by atoms with E-state index < -0.39 is 0 Å². The van der Waals surface area contributed by atoms with Crippen molar-refractivity contribution in [1.29, 1.82) is 0 Å². The Labute approximate surface area is 309 Å². The van der Waals surface area contributed by atoms with Crippen molar-refractivity contribution in [3.63, 3.8) is 0 Å². The van der Waals surface area contributed by atoms with E-state index in [4.69, 9.17) is 0 Å². The zero-order valence-electron chi connectivity index (χ0n) is 29.8. The summed E-state index contributed by atoms with van der Waals surface area (Å²) in [5, 5.41) is 12.8. The minimum Gasteiger partial charge on any atom is -0.0616 e. The van der Waals surface area contributed by atoms with E-state index in [-0.39, 0.29) is 5.41 Å². The molecule has 53 heavy (non-hydrogen) atoms. The lowest BCUT2D eigenvalue weighted by atomic mass is 9.80. The van der Waals surface area contributed by atoms with E-state index in [0.717, 1.165) is 0 Å². The fourth-order valence-electron chi connectivity index (χ4n) is 9.63. The van der Waals surface area contributed by atoms with Gasteiger partial charge in [-0.15, -0.1) is 0 Å². The van der Waals surface area contributed by atoms with E-state index in [1.165, 1.54) is 109 Å². The van der Waals surface area contributed by atoms with Gasteiger partial charge < -0.3 is 0 Å². The first kappa shape index (κ1) is 30.2. The quantitative estimate of drug-likeness (QED) is 0.164. The predicted molar refractivity (Wildman–Crippen MR) is 228 cm³/mol. The summed E-state index contributed by atoms with van der Waals surface area (Å²) in [5.41, 5.74) is 13.1. The van der Waals surface area contributed by atoms with Gasteiger partial charge in [0.25, 0.3) is 0 Å². The van der Waals surface area contributed by atoms with Crippen LogP contribution < -0.4 is 0 Å². The highest BCUT2D eigenvalue weighted by Gasteiger charge is 2.37. The van der Waals surface area contributed by atoms with E-state index >= 15 is 0 Å². The number of fused-ring (bicyclic) bond motifs is 9. The molecule has 0 fully saturated rings. The van der Waals surface area contributed by atoms with Crippen LogP contribution in [-0.4, -0.2) is 0 Å². The molecule has 0 saturated heterocycles. The van der Waals surface area contributed by atoms with Gasteiger partial charge in [-0.05, 0) is 128 Å². The van der Waals surface area contributed by atoms with Crippen LogP contribution in [0.5, 0.6) is 0 Å². The molecule has 0 heteroatoms. The van der Waals surface area contributed by atoms with E-state index in [1.807, 2.05) is 0 Å². The average molecular weight is 673 g/mol. The molecule has 0 spiro atoms. The molecule has 0 bridgehead atoms. The summed E-state index contributed by atoms with van der Waals surface area (Å²) >= 11 is 0. The Hall–Kier alpha value is -6.50. The topological polar surface area (TPSA) is 0 Å². The molecule has 0 aliphatic heterocycles. The number of benzene rings is 10. The van der Waals surface area contributed by atoms with Gasteiger partial charge in [0.1, 0.15) is 0 Å². The van der Waals surface area contributed by atoms with Crippen LogP contribution in [0.3, 0.4) is 0 Å². The maximum Gasteiger partial charge on any atom is 0.0165 e. The summed E-state index contributed by atoms with van der Waals surface area (Å²) in [6, 6.07) is 68.0. The third-order valence-electron chi connectivity index (χ3n) is 12.0. The molecule has 248 valence electrons. The van der Waals surface area contributed by atoms with Gasteiger partial charge in [-0.2, -0.15) is 0 Å². The third kappa shape index (κ3) is 4.36. The second kappa shape index (κ2) is 11.2. The summed E-state index contributed by atoms with van der Waals surface area (Å²) in [7, 11) is 0. The van der Waals surface area contributed by atoms with Crippen LogP contribution in [0.1, 0.15) is 25.0 Å². The molecule has 10 aromatic rings. The first-order valence-corrected chi connectivity index (χ1v) is 18.7. The smallest absolute Gasteiger partial charge is 0.0165 e. The lowest BCUT2D eigenvalue weighted by Gasteiger charge is -2.23. The average Bonchev–Trinajstić information content (AvgIpc) is 3.45. The molecule has 0 unspecified atom stereocenters. The molecule has 1 aliphatic carbocycles. The number of hydrogen-bond acceptors (Lipinski definition) is 0. The minimum atomic E-state index is -0.0811. The predicted octanol–water partition coefficient (Wildman–Crippen LogP) is 14.8. The number of rotatable bonds is 3. The van der Waals surface area contributed by atoms with Crippen molar-refractivity contribution in [3.8, 4) is 44.5 Å². The zero-order valence-corrected chi connectivity index (χ0v) is 29.8. The second-order valence-electron chi connectivity index (χ2n) is 15.2. The molecule has 0 aromatic heterocycles. The van der Waals surface area contributed by atoms with E-state index in [1.54, 1.807) is 0 Å². The summed E-state index contributed by atoms with van der Waals surface area (Å²) in [6.07, 6.45) is 0. The van der Waals surface area contributed by atoms with E-state index in [0.29, 0.717) is 0 Å². The van der Waals surface area contributed by atoms with Crippen molar-refractivity contribution in [1.82, 2.24) is 0 Å². The molecule has 0 heterocycles. The van der Waals surface area contributed by atoms with Crippen molar-refractivity contribution in [2.75, 3.05) is 0 Å². The van der Waals surface area contributed by atoms with Crippen LogP contribution in [0.4, 0.5) is 0 Å². The third-order valence-corrected chi connectivity index (χ3v) is 12.0. The minimum absolute atomic E-state index is 0.0811. The van der Waals surface area contributed by atoms with Crippen molar-refractivity contribution < 1.29 is 0 Å². The Bertz CT molecular complexity index is 3080. The van der Waals surface area contributed by atoms with Crippen LogP contribution in [0.15, 0.2) is 182 Å². The molecule has 1 aliphatic rings. The van der Waals surface area contributed by atoms with Crippen molar-refractivity contribution in [3.05, 3.63) is 193 Å². The molecule has 0 saturated carbocycles. The highest BCUT2D eigenvalue weighted by Crippen LogP contribution is 2.53. The normalized spacial score (nSPS) is 13.2. The van der Waals surface area contributed by atoms with Gasteiger partial charge in [-0.3, -0.25) is 0 Å². The SMILES string of the molecule is CC1(C)c2ccc(-c3cc(-c4c5ccccc5c(-c5cccc6ccccc56)c5ccccc45)c4ccccc4c3)cc2-c2ccc3ccccc3c21. The standard InChI is InChI=1S/C53H36/c1-53(2)49-29-27-35(31-47(49)46-28-26-34-15-4-8-20-40(34)52(46)53)37-30-36-16-5-7-19-39(36)48(32-37)51-44-23-11-9-21-42(44)50(43-22-10-12-24-45(43)51)41-25-13-17-33-14-3-6-18-38(33)41/h3-32H,1-2H3. The maximum atomic E-state index is 2.46. The maximum absolute atomic E-state index is 2.46. The zero-order chi connectivity index (χ0) is 35.3. The van der Waals surface area contributed by atoms with Crippen LogP contribution in [0, 0.1) is 0 Å². The first-order chi connectivity index (χ1) is 26.1. The van der Waals surface area contributed by atoms with Crippen molar-refractivity contribution >= 4 is 53.9 Å². The van der Waals surface area contributed by atoms with Crippen molar-refractivity contribution in [2.45, 2.75) is 19.3 Å². The second-order valence-corrected chi connectivity index (χ2v) is 15.2. The highest BCUT2D eigenvalue weighted by molar-refractivity contribution is 6.25. The molecule has 11 rings (SSSR count). The van der Waals surface area contributed by atoms with Crippen LogP contribution in [-0.2, 0) is 5.41 Å². The van der Waals surface area contributed by atoms with Gasteiger partial charge in [0.15, 0.2) is 0 Å². The van der Waals surface area contributed by atoms with Gasteiger partial charge in [-0.1, -0.05) is 178 Å². The molecule has 0 amide bonds. The fourth-order valence-corrected chi connectivity index (χ4v) is 9.63. The molecule has 0 nitrogen and oxygen atoms in total. The highest BCUT2D eigenvalue weighted by atomic mass is 14.4. The lowest BCUT2D eigenvalue weighted by molar-refractivity contribution is 0.666. The van der Waals surface area contributed by atoms with Gasteiger partial charge in [0.05, 0.1) is 0 Å². The van der Waals surface area contributed by atoms with Gasteiger partial charge in [0.2, 0.25) is 0 Å². The Morgan fingerprint density at radius 2 is 0.792 bits per heavy atom.